The van der Waals surface area contributed by atoms with Gasteiger partial charge in [0.15, 0.2) is 5.82 Å². The molecule has 1 aromatic carbocycles. The summed E-state index contributed by atoms with van der Waals surface area (Å²) < 4.78 is 7.53. The molecule has 0 radical (unpaired) electrons. The highest BCUT2D eigenvalue weighted by molar-refractivity contribution is 5.47. The summed E-state index contributed by atoms with van der Waals surface area (Å²) in [6.45, 7) is 4.17. The molecule has 2 aliphatic rings. The van der Waals surface area contributed by atoms with E-state index >= 15 is 0 Å². The van der Waals surface area contributed by atoms with E-state index in [1.165, 1.54) is 0 Å². The molecular formula is C26H28N6O2. The zero-order chi connectivity index (χ0) is 23.3. The van der Waals surface area contributed by atoms with E-state index < -0.39 is 5.60 Å². The van der Waals surface area contributed by atoms with Crippen LogP contribution in [0.15, 0.2) is 65.5 Å². The van der Waals surface area contributed by atoms with Crippen LogP contribution in [0, 0.1) is 13.8 Å². The van der Waals surface area contributed by atoms with Crippen LogP contribution in [0.2, 0.25) is 0 Å². The van der Waals surface area contributed by atoms with Crippen LogP contribution >= 0.6 is 0 Å². The van der Waals surface area contributed by atoms with Gasteiger partial charge in [-0.15, -0.1) is 5.10 Å². The summed E-state index contributed by atoms with van der Waals surface area (Å²) in [4.78, 5) is 6.92. The van der Waals surface area contributed by atoms with Crippen molar-refractivity contribution in [3.8, 4) is 5.69 Å². The standard InChI is InChI=1S/C26H28N6O2/c1-17-6-3-7-18(2)23(17)32-25(28-29-30-32)24(19-8-4-12-27-16-19)31-20-10-11-21(31)15-26(33,14-20)22-9-5-13-34-22/h3-9,12-13,16,20-21,24,33H,10-11,14-15H2,1-2H3. The van der Waals surface area contributed by atoms with Gasteiger partial charge in [-0.1, -0.05) is 24.3 Å². The van der Waals surface area contributed by atoms with Crippen LogP contribution in [0.3, 0.4) is 0 Å². The molecule has 2 fully saturated rings. The molecule has 2 bridgehead atoms. The first-order valence-corrected chi connectivity index (χ1v) is 11.8. The zero-order valence-corrected chi connectivity index (χ0v) is 19.4. The van der Waals surface area contributed by atoms with Gasteiger partial charge < -0.3 is 9.52 Å². The summed E-state index contributed by atoms with van der Waals surface area (Å²) in [5, 5.41) is 24.6. The van der Waals surface area contributed by atoms with Gasteiger partial charge in [0.05, 0.1) is 18.0 Å². The van der Waals surface area contributed by atoms with Crippen LogP contribution in [0.25, 0.3) is 5.69 Å². The molecule has 2 saturated heterocycles. The second-order valence-corrected chi connectivity index (χ2v) is 9.63. The van der Waals surface area contributed by atoms with Crippen LogP contribution in [0.1, 0.15) is 60.0 Å². The van der Waals surface area contributed by atoms with Crippen molar-refractivity contribution in [3.05, 3.63) is 89.4 Å². The number of tetrazole rings is 1. The minimum absolute atomic E-state index is 0.169. The van der Waals surface area contributed by atoms with Gasteiger partial charge in [0.1, 0.15) is 11.4 Å². The fourth-order valence-electron chi connectivity index (χ4n) is 6.08. The monoisotopic (exact) mass is 456 g/mol. The highest BCUT2D eigenvalue weighted by atomic mass is 16.4. The van der Waals surface area contributed by atoms with Gasteiger partial charge in [0.25, 0.3) is 0 Å². The number of hydrogen-bond donors (Lipinski definition) is 1. The third-order valence-corrected chi connectivity index (χ3v) is 7.49. The molecule has 8 nitrogen and oxygen atoms in total. The summed E-state index contributed by atoms with van der Waals surface area (Å²) in [6.07, 6.45) is 8.57. The van der Waals surface area contributed by atoms with Gasteiger partial charge in [-0.05, 0) is 84.8 Å². The van der Waals surface area contributed by atoms with Crippen LogP contribution in [0.4, 0.5) is 0 Å². The van der Waals surface area contributed by atoms with E-state index in [-0.39, 0.29) is 18.1 Å². The molecule has 174 valence electrons. The van der Waals surface area contributed by atoms with Crippen molar-refractivity contribution in [2.45, 2.75) is 63.3 Å². The second kappa shape index (κ2) is 8.14. The lowest BCUT2D eigenvalue weighted by Gasteiger charge is -2.46. The number of nitrogens with zero attached hydrogens (tertiary/aromatic N) is 6. The highest BCUT2D eigenvalue weighted by Crippen LogP contribution is 2.50. The van der Waals surface area contributed by atoms with Crippen molar-refractivity contribution < 1.29 is 9.52 Å². The number of benzene rings is 1. The lowest BCUT2D eigenvalue weighted by atomic mass is 9.82. The van der Waals surface area contributed by atoms with Crippen LogP contribution in [-0.2, 0) is 5.60 Å². The number of para-hydroxylation sites is 1. The number of aromatic nitrogens is 5. The predicted octanol–water partition coefficient (Wildman–Crippen LogP) is 3.87. The van der Waals surface area contributed by atoms with Crippen molar-refractivity contribution in [3.63, 3.8) is 0 Å². The molecule has 34 heavy (non-hydrogen) atoms. The third kappa shape index (κ3) is 3.36. The summed E-state index contributed by atoms with van der Waals surface area (Å²) in [5.74, 6) is 1.42. The van der Waals surface area contributed by atoms with E-state index in [1.807, 2.05) is 29.1 Å². The SMILES string of the molecule is Cc1cccc(C)c1-n1nnnc1C(c1cccnc1)N1C2CCC1CC(O)(c1ccco1)C2. The number of aryl methyl sites for hydroxylation is 2. The summed E-state index contributed by atoms with van der Waals surface area (Å²) in [5.41, 5.74) is 3.33. The molecule has 8 heteroatoms. The van der Waals surface area contributed by atoms with Gasteiger partial charge >= 0.3 is 0 Å². The molecule has 6 rings (SSSR count). The third-order valence-electron chi connectivity index (χ3n) is 7.49. The molecule has 3 aromatic heterocycles. The Kier molecular flexibility index (Phi) is 5.08. The van der Waals surface area contributed by atoms with Crippen molar-refractivity contribution in [2.24, 2.45) is 0 Å². The minimum atomic E-state index is -0.955. The summed E-state index contributed by atoms with van der Waals surface area (Å²) in [6, 6.07) is 14.2. The molecule has 1 N–H and O–H groups in total. The Labute approximate surface area is 198 Å². The first-order valence-electron chi connectivity index (χ1n) is 11.8. The minimum Gasteiger partial charge on any atom is -0.466 e. The number of hydrogen-bond acceptors (Lipinski definition) is 7. The Morgan fingerprint density at radius 1 is 1.03 bits per heavy atom. The molecule has 0 aliphatic carbocycles. The van der Waals surface area contributed by atoms with E-state index in [4.69, 9.17) is 4.42 Å². The van der Waals surface area contributed by atoms with Gasteiger partial charge in [-0.2, -0.15) is 4.68 Å². The highest BCUT2D eigenvalue weighted by Gasteiger charge is 2.52. The normalized spacial score (nSPS) is 25.5. The molecule has 0 saturated carbocycles. The fourth-order valence-corrected chi connectivity index (χ4v) is 6.08. The van der Waals surface area contributed by atoms with Gasteiger partial charge in [0.2, 0.25) is 0 Å². The lowest BCUT2D eigenvalue weighted by molar-refractivity contribution is -0.0791. The maximum Gasteiger partial charge on any atom is 0.178 e. The molecule has 0 amide bonds. The summed E-state index contributed by atoms with van der Waals surface area (Å²) >= 11 is 0. The van der Waals surface area contributed by atoms with E-state index in [1.54, 1.807) is 12.5 Å². The van der Waals surface area contributed by atoms with Gasteiger partial charge in [0, 0.05) is 24.5 Å². The predicted molar refractivity (Wildman–Crippen MR) is 125 cm³/mol. The first-order chi connectivity index (χ1) is 16.5. The zero-order valence-electron chi connectivity index (χ0n) is 19.4. The smallest absolute Gasteiger partial charge is 0.178 e. The van der Waals surface area contributed by atoms with Crippen molar-refractivity contribution in [1.82, 2.24) is 30.1 Å². The molecule has 4 aromatic rings. The average molecular weight is 457 g/mol. The molecule has 5 heterocycles. The number of furan rings is 1. The summed E-state index contributed by atoms with van der Waals surface area (Å²) in [7, 11) is 0. The Balaban J connectivity index is 1.45. The number of aliphatic hydroxyl groups is 1. The number of fused-ring (bicyclic) bond motifs is 2. The largest absolute Gasteiger partial charge is 0.466 e. The maximum absolute atomic E-state index is 11.5. The van der Waals surface area contributed by atoms with Gasteiger partial charge in [-0.3, -0.25) is 9.88 Å². The lowest BCUT2D eigenvalue weighted by Crippen LogP contribution is -2.51. The number of rotatable bonds is 5. The second-order valence-electron chi connectivity index (χ2n) is 9.63. The topological polar surface area (TPSA) is 93.1 Å². The van der Waals surface area contributed by atoms with Gasteiger partial charge in [-0.25, -0.2) is 0 Å². The van der Waals surface area contributed by atoms with Crippen molar-refractivity contribution >= 4 is 0 Å². The molecule has 3 atom stereocenters. The van der Waals surface area contributed by atoms with E-state index in [2.05, 4.69) is 63.5 Å². The molecular weight excluding hydrogens is 428 g/mol. The van der Waals surface area contributed by atoms with E-state index in [0.29, 0.717) is 18.6 Å². The Hall–Kier alpha value is -3.36. The van der Waals surface area contributed by atoms with Crippen LogP contribution in [0.5, 0.6) is 0 Å². The fraction of sp³-hybridized carbons (Fsp3) is 0.385. The Morgan fingerprint density at radius 2 is 1.79 bits per heavy atom. The first kappa shape index (κ1) is 21.2. The van der Waals surface area contributed by atoms with E-state index in [0.717, 1.165) is 41.0 Å². The molecule has 0 spiro atoms. The maximum atomic E-state index is 11.5. The van der Waals surface area contributed by atoms with Crippen molar-refractivity contribution in [1.29, 1.82) is 0 Å². The number of piperidine rings is 1. The van der Waals surface area contributed by atoms with Crippen LogP contribution in [-0.4, -0.2) is 47.3 Å². The Bertz CT molecular complexity index is 1250. The molecule has 2 aliphatic heterocycles. The average Bonchev–Trinajstić information content (AvgIpc) is 3.58. The Morgan fingerprint density at radius 3 is 2.44 bits per heavy atom. The quantitative estimate of drug-likeness (QED) is 0.487. The number of pyridine rings is 1. The van der Waals surface area contributed by atoms with Crippen LogP contribution < -0.4 is 0 Å². The molecule has 3 unspecified atom stereocenters. The van der Waals surface area contributed by atoms with Crippen molar-refractivity contribution in [2.75, 3.05) is 0 Å². The van der Waals surface area contributed by atoms with E-state index in [9.17, 15) is 5.11 Å².